The summed E-state index contributed by atoms with van der Waals surface area (Å²) in [6.07, 6.45) is 1.16. The highest BCUT2D eigenvalue weighted by Crippen LogP contribution is 2.26. The quantitative estimate of drug-likeness (QED) is 0.309. The van der Waals surface area contributed by atoms with E-state index in [2.05, 4.69) is 25.3 Å². The van der Waals surface area contributed by atoms with E-state index in [0.29, 0.717) is 0 Å². The molecule has 0 spiro atoms. The lowest BCUT2D eigenvalue weighted by Gasteiger charge is -2.11. The predicted octanol–water partition coefficient (Wildman–Crippen LogP) is 4.52. The number of halogens is 4. The highest BCUT2D eigenvalue weighted by atomic mass is 32.1. The molecular weight excluding hydrogens is 386 g/mol. The van der Waals surface area contributed by atoms with Gasteiger partial charge < -0.3 is 14.8 Å². The van der Waals surface area contributed by atoms with Gasteiger partial charge in [0.05, 0.1) is 6.21 Å². The van der Waals surface area contributed by atoms with Gasteiger partial charge in [0, 0.05) is 17.3 Å². The third kappa shape index (κ3) is 6.74. The molecule has 0 heterocycles. The molecule has 0 bridgehead atoms. The second-order valence-electron chi connectivity index (χ2n) is 5.10. The molecule has 144 valence electrons. The Morgan fingerprint density at radius 2 is 1.78 bits per heavy atom. The Bertz CT molecular complexity index is 819. The SMILES string of the molecule is Cc1ccccc1NC(=S)N/N=C\c1ccc(OC(F)F)cc1OC(F)F. The molecule has 0 aliphatic carbocycles. The van der Waals surface area contributed by atoms with Gasteiger partial charge in [0.2, 0.25) is 0 Å². The second kappa shape index (κ2) is 9.72. The smallest absolute Gasteiger partial charge is 0.387 e. The van der Waals surface area contributed by atoms with Crippen molar-refractivity contribution in [2.24, 2.45) is 5.10 Å². The van der Waals surface area contributed by atoms with Crippen molar-refractivity contribution in [2.75, 3.05) is 5.32 Å². The van der Waals surface area contributed by atoms with Crippen LogP contribution in [0, 0.1) is 6.92 Å². The molecular formula is C17H15F4N3O2S. The van der Waals surface area contributed by atoms with Crippen LogP contribution in [0.25, 0.3) is 0 Å². The minimum absolute atomic E-state index is 0.114. The molecule has 2 N–H and O–H groups in total. The van der Waals surface area contributed by atoms with Crippen LogP contribution >= 0.6 is 12.2 Å². The second-order valence-corrected chi connectivity index (χ2v) is 5.50. The van der Waals surface area contributed by atoms with Crippen molar-refractivity contribution in [3.05, 3.63) is 53.6 Å². The molecule has 27 heavy (non-hydrogen) atoms. The maximum absolute atomic E-state index is 12.5. The highest BCUT2D eigenvalue weighted by molar-refractivity contribution is 7.80. The van der Waals surface area contributed by atoms with Crippen LogP contribution in [0.1, 0.15) is 11.1 Å². The Morgan fingerprint density at radius 1 is 1.07 bits per heavy atom. The van der Waals surface area contributed by atoms with Crippen LogP contribution in [0.5, 0.6) is 11.5 Å². The van der Waals surface area contributed by atoms with E-state index in [-0.39, 0.29) is 22.2 Å². The summed E-state index contributed by atoms with van der Waals surface area (Å²) in [7, 11) is 0. The maximum atomic E-state index is 12.5. The van der Waals surface area contributed by atoms with E-state index in [1.165, 1.54) is 12.1 Å². The summed E-state index contributed by atoms with van der Waals surface area (Å²) in [4.78, 5) is 0. The number of alkyl halides is 4. The standard InChI is InChI=1S/C17H15F4N3O2S/c1-10-4-2-3-5-13(10)23-17(27)24-22-9-11-6-7-12(25-15(18)19)8-14(11)26-16(20)21/h2-9,15-16H,1H3,(H2,23,24,27)/b22-9-. The van der Waals surface area contributed by atoms with Crippen LogP contribution in [0.2, 0.25) is 0 Å². The largest absolute Gasteiger partial charge is 0.435 e. The fourth-order valence-corrected chi connectivity index (χ4v) is 2.18. The van der Waals surface area contributed by atoms with Crippen molar-refractivity contribution in [2.45, 2.75) is 20.1 Å². The van der Waals surface area contributed by atoms with Crippen molar-refractivity contribution < 1.29 is 27.0 Å². The molecule has 0 radical (unpaired) electrons. The molecule has 0 aromatic heterocycles. The van der Waals surface area contributed by atoms with E-state index in [9.17, 15) is 17.6 Å². The van der Waals surface area contributed by atoms with Crippen LogP contribution in [0.3, 0.4) is 0 Å². The van der Waals surface area contributed by atoms with E-state index >= 15 is 0 Å². The number of anilines is 1. The number of rotatable bonds is 7. The number of thiocarbonyl (C=S) groups is 1. The fraction of sp³-hybridized carbons (Fsp3) is 0.176. The fourth-order valence-electron chi connectivity index (χ4n) is 2.02. The summed E-state index contributed by atoms with van der Waals surface area (Å²) >= 11 is 5.09. The number of nitrogens with zero attached hydrogens (tertiary/aromatic N) is 1. The van der Waals surface area contributed by atoms with Crippen LogP contribution in [0.4, 0.5) is 23.2 Å². The lowest BCUT2D eigenvalue weighted by Crippen LogP contribution is -2.24. The summed E-state index contributed by atoms with van der Waals surface area (Å²) in [5, 5.41) is 6.93. The average molecular weight is 401 g/mol. The predicted molar refractivity (Wildman–Crippen MR) is 97.8 cm³/mol. The molecule has 0 saturated heterocycles. The van der Waals surface area contributed by atoms with E-state index < -0.39 is 13.2 Å². The molecule has 0 amide bonds. The van der Waals surface area contributed by atoms with Gasteiger partial charge in [-0.25, -0.2) is 0 Å². The first-order valence-corrected chi connectivity index (χ1v) is 7.95. The van der Waals surface area contributed by atoms with Crippen molar-refractivity contribution in [3.63, 3.8) is 0 Å². The average Bonchev–Trinajstić information content (AvgIpc) is 2.58. The molecule has 0 saturated carbocycles. The molecule has 0 aliphatic rings. The minimum Gasteiger partial charge on any atom is -0.435 e. The molecule has 0 fully saturated rings. The van der Waals surface area contributed by atoms with Crippen LogP contribution in [-0.2, 0) is 0 Å². The van der Waals surface area contributed by atoms with E-state index in [1.54, 1.807) is 0 Å². The number of hydrazone groups is 1. The molecule has 0 atom stereocenters. The van der Waals surface area contributed by atoms with E-state index in [4.69, 9.17) is 12.2 Å². The van der Waals surface area contributed by atoms with Gasteiger partial charge in [-0.1, -0.05) is 18.2 Å². The van der Waals surface area contributed by atoms with Crippen molar-refractivity contribution in [3.8, 4) is 11.5 Å². The first kappa shape index (κ1) is 20.4. The number of nitrogens with one attached hydrogen (secondary N) is 2. The lowest BCUT2D eigenvalue weighted by atomic mass is 10.2. The summed E-state index contributed by atoms with van der Waals surface area (Å²) < 4.78 is 58.0. The number of ether oxygens (including phenoxy) is 2. The van der Waals surface area contributed by atoms with Crippen molar-refractivity contribution >= 4 is 29.2 Å². The Balaban J connectivity index is 2.06. The third-order valence-corrected chi connectivity index (χ3v) is 3.38. The Kier molecular flexibility index (Phi) is 7.35. The Hall–Kier alpha value is -2.88. The van der Waals surface area contributed by atoms with Gasteiger partial charge in [-0.2, -0.15) is 22.7 Å². The zero-order valence-corrected chi connectivity index (χ0v) is 14.8. The van der Waals surface area contributed by atoms with Crippen molar-refractivity contribution in [1.29, 1.82) is 0 Å². The zero-order chi connectivity index (χ0) is 19.8. The summed E-state index contributed by atoms with van der Waals surface area (Å²) in [5.74, 6) is -0.686. The molecule has 2 aromatic rings. The molecule has 2 aromatic carbocycles. The lowest BCUT2D eigenvalue weighted by molar-refractivity contribution is -0.0543. The molecule has 0 aliphatic heterocycles. The number of aryl methyl sites for hydroxylation is 1. The van der Waals surface area contributed by atoms with Crippen LogP contribution in [0.15, 0.2) is 47.6 Å². The normalized spacial score (nSPS) is 11.1. The van der Waals surface area contributed by atoms with Gasteiger partial charge in [-0.3, -0.25) is 5.43 Å². The third-order valence-electron chi connectivity index (χ3n) is 3.19. The van der Waals surface area contributed by atoms with E-state index in [0.717, 1.165) is 23.5 Å². The number of hydrogen-bond donors (Lipinski definition) is 2. The zero-order valence-electron chi connectivity index (χ0n) is 14.0. The molecule has 0 unspecified atom stereocenters. The first-order valence-electron chi connectivity index (χ1n) is 7.54. The summed E-state index contributed by atoms with van der Waals surface area (Å²) in [6.45, 7) is -4.34. The summed E-state index contributed by atoms with van der Waals surface area (Å²) in [5.41, 5.74) is 4.39. The summed E-state index contributed by atoms with van der Waals surface area (Å²) in [6, 6.07) is 10.8. The van der Waals surface area contributed by atoms with Gasteiger partial charge in [-0.15, -0.1) is 0 Å². The molecule has 5 nitrogen and oxygen atoms in total. The highest BCUT2D eigenvalue weighted by Gasteiger charge is 2.12. The number of para-hydroxylation sites is 1. The monoisotopic (exact) mass is 401 g/mol. The van der Waals surface area contributed by atoms with Gasteiger partial charge >= 0.3 is 13.2 Å². The van der Waals surface area contributed by atoms with E-state index in [1.807, 2.05) is 31.2 Å². The van der Waals surface area contributed by atoms with Gasteiger partial charge in [0.15, 0.2) is 5.11 Å². The Labute approximate surface area is 158 Å². The van der Waals surface area contributed by atoms with Gasteiger partial charge in [-0.05, 0) is 42.9 Å². The minimum atomic E-state index is -3.14. The van der Waals surface area contributed by atoms with Crippen LogP contribution in [-0.4, -0.2) is 24.6 Å². The van der Waals surface area contributed by atoms with Gasteiger partial charge in [0.1, 0.15) is 11.5 Å². The van der Waals surface area contributed by atoms with Gasteiger partial charge in [0.25, 0.3) is 0 Å². The Morgan fingerprint density at radius 3 is 2.44 bits per heavy atom. The number of benzene rings is 2. The number of hydrogen-bond acceptors (Lipinski definition) is 4. The topological polar surface area (TPSA) is 54.9 Å². The maximum Gasteiger partial charge on any atom is 0.387 e. The first-order chi connectivity index (χ1) is 12.8. The van der Waals surface area contributed by atoms with Crippen molar-refractivity contribution in [1.82, 2.24) is 5.43 Å². The molecule has 10 heteroatoms. The van der Waals surface area contributed by atoms with Crippen LogP contribution < -0.4 is 20.2 Å². The molecule has 2 rings (SSSR count).